The number of carboxylic acid groups (broad SMARTS) is 1. The molecule has 0 bridgehead atoms. The Bertz CT molecular complexity index is 443. The first kappa shape index (κ1) is 17.5. The number of anilines is 1. The number of nitrogens with zero attached hydrogens (tertiary/aromatic N) is 1. The Labute approximate surface area is 129 Å². The lowest BCUT2D eigenvalue weighted by atomic mass is 10.1. The van der Waals surface area contributed by atoms with Gasteiger partial charge in [-0.2, -0.15) is 0 Å². The van der Waals surface area contributed by atoms with Crippen LogP contribution in [-0.4, -0.2) is 24.2 Å². The molecule has 1 N–H and O–H groups in total. The van der Waals surface area contributed by atoms with Crippen LogP contribution >= 0.6 is 0 Å². The van der Waals surface area contributed by atoms with Gasteiger partial charge in [-0.1, -0.05) is 38.7 Å². The number of hydrogen-bond acceptors (Lipinski definition) is 2. The fourth-order valence-electron chi connectivity index (χ4n) is 2.43. The second-order valence-corrected chi connectivity index (χ2v) is 5.81. The van der Waals surface area contributed by atoms with Crippen molar-refractivity contribution in [2.75, 3.05) is 18.0 Å². The molecule has 1 aromatic carbocycles. The molecule has 0 aliphatic rings. The number of carbonyl (C=O) groups is 1. The van der Waals surface area contributed by atoms with Crippen LogP contribution in [0, 0.1) is 13.8 Å². The van der Waals surface area contributed by atoms with Crippen molar-refractivity contribution in [2.45, 2.75) is 59.3 Å². The minimum Gasteiger partial charge on any atom is -0.481 e. The molecule has 0 heterocycles. The van der Waals surface area contributed by atoms with Crippen LogP contribution in [0.2, 0.25) is 0 Å². The van der Waals surface area contributed by atoms with Gasteiger partial charge < -0.3 is 10.0 Å². The maximum atomic E-state index is 10.8. The van der Waals surface area contributed by atoms with Crippen LogP contribution in [0.15, 0.2) is 18.2 Å². The van der Waals surface area contributed by atoms with Crippen molar-refractivity contribution in [3.8, 4) is 0 Å². The highest BCUT2D eigenvalue weighted by atomic mass is 16.4. The molecule has 1 aromatic rings. The van der Waals surface area contributed by atoms with E-state index in [1.807, 2.05) is 0 Å². The summed E-state index contributed by atoms with van der Waals surface area (Å²) in [6.45, 7) is 7.96. The SMILES string of the molecule is CCCCCCCN(CCC(=O)O)c1ccc(C)c(C)c1. The molecule has 0 aromatic heterocycles. The van der Waals surface area contributed by atoms with Crippen molar-refractivity contribution < 1.29 is 9.90 Å². The molecule has 1 rings (SSSR count). The molecule has 0 saturated carbocycles. The molecule has 21 heavy (non-hydrogen) atoms. The van der Waals surface area contributed by atoms with E-state index in [0.29, 0.717) is 6.54 Å². The maximum Gasteiger partial charge on any atom is 0.305 e. The summed E-state index contributed by atoms with van der Waals surface area (Å²) in [5.74, 6) is -0.727. The molecule has 0 spiro atoms. The first-order chi connectivity index (χ1) is 10.0. The van der Waals surface area contributed by atoms with Gasteiger partial charge in [-0.25, -0.2) is 0 Å². The van der Waals surface area contributed by atoms with Crippen molar-refractivity contribution in [1.29, 1.82) is 0 Å². The summed E-state index contributed by atoms with van der Waals surface area (Å²) in [5.41, 5.74) is 3.69. The normalized spacial score (nSPS) is 10.6. The van der Waals surface area contributed by atoms with Crippen LogP contribution < -0.4 is 4.90 Å². The van der Waals surface area contributed by atoms with E-state index in [1.54, 1.807) is 0 Å². The third-order valence-electron chi connectivity index (χ3n) is 3.98. The zero-order valence-electron chi connectivity index (χ0n) is 13.7. The number of rotatable bonds is 10. The van der Waals surface area contributed by atoms with Gasteiger partial charge in [0.15, 0.2) is 0 Å². The van der Waals surface area contributed by atoms with Gasteiger partial charge in [0.1, 0.15) is 0 Å². The number of aryl methyl sites for hydroxylation is 2. The molecular formula is C18H29NO2. The fourth-order valence-corrected chi connectivity index (χ4v) is 2.43. The predicted molar refractivity (Wildman–Crippen MR) is 89.1 cm³/mol. The van der Waals surface area contributed by atoms with Crippen LogP contribution in [0.4, 0.5) is 5.69 Å². The molecule has 0 aliphatic carbocycles. The Morgan fingerprint density at radius 3 is 2.38 bits per heavy atom. The quantitative estimate of drug-likeness (QED) is 0.643. The van der Waals surface area contributed by atoms with E-state index in [2.05, 4.69) is 43.9 Å². The lowest BCUT2D eigenvalue weighted by Gasteiger charge is -2.25. The minimum atomic E-state index is -0.727. The topological polar surface area (TPSA) is 40.5 Å². The van der Waals surface area contributed by atoms with Crippen molar-refractivity contribution in [1.82, 2.24) is 0 Å². The highest BCUT2D eigenvalue weighted by Gasteiger charge is 2.09. The predicted octanol–water partition coefficient (Wildman–Crippen LogP) is 4.55. The monoisotopic (exact) mass is 291 g/mol. The highest BCUT2D eigenvalue weighted by Crippen LogP contribution is 2.20. The summed E-state index contributed by atoms with van der Waals surface area (Å²) in [7, 11) is 0. The molecule has 0 amide bonds. The third-order valence-corrected chi connectivity index (χ3v) is 3.98. The van der Waals surface area contributed by atoms with Crippen LogP contribution in [0.5, 0.6) is 0 Å². The molecule has 0 fully saturated rings. The Kier molecular flexibility index (Phi) is 7.88. The van der Waals surface area contributed by atoms with Gasteiger partial charge in [0.05, 0.1) is 6.42 Å². The summed E-state index contributed by atoms with van der Waals surface area (Å²) in [5, 5.41) is 8.92. The van der Waals surface area contributed by atoms with Gasteiger partial charge in [0.25, 0.3) is 0 Å². The van der Waals surface area contributed by atoms with Crippen molar-refractivity contribution in [3.05, 3.63) is 29.3 Å². The standard InChI is InChI=1S/C18H29NO2/c1-4-5-6-7-8-12-19(13-11-18(20)21)17-10-9-15(2)16(3)14-17/h9-10,14H,4-8,11-13H2,1-3H3,(H,20,21). The van der Waals surface area contributed by atoms with E-state index < -0.39 is 5.97 Å². The molecule has 3 heteroatoms. The summed E-state index contributed by atoms with van der Waals surface area (Å²) < 4.78 is 0. The molecule has 0 atom stereocenters. The second kappa shape index (κ2) is 9.43. The van der Waals surface area contributed by atoms with Gasteiger partial charge >= 0.3 is 5.97 Å². The summed E-state index contributed by atoms with van der Waals surface area (Å²) in [6.07, 6.45) is 6.37. The van der Waals surface area contributed by atoms with Gasteiger partial charge in [0, 0.05) is 18.8 Å². The summed E-state index contributed by atoms with van der Waals surface area (Å²) in [6, 6.07) is 6.40. The van der Waals surface area contributed by atoms with E-state index in [4.69, 9.17) is 5.11 Å². The van der Waals surface area contributed by atoms with Crippen LogP contribution in [0.1, 0.15) is 56.6 Å². The average molecular weight is 291 g/mol. The van der Waals surface area contributed by atoms with Gasteiger partial charge in [-0.3, -0.25) is 4.79 Å². The van der Waals surface area contributed by atoms with Crippen LogP contribution in [0.25, 0.3) is 0 Å². The zero-order chi connectivity index (χ0) is 15.7. The first-order valence-corrected chi connectivity index (χ1v) is 8.08. The summed E-state index contributed by atoms with van der Waals surface area (Å²) in [4.78, 5) is 13.1. The Hall–Kier alpha value is -1.51. The molecule has 3 nitrogen and oxygen atoms in total. The lowest BCUT2D eigenvalue weighted by Crippen LogP contribution is -2.27. The third kappa shape index (κ3) is 6.65. The Morgan fingerprint density at radius 2 is 1.76 bits per heavy atom. The Balaban J connectivity index is 2.62. The summed E-state index contributed by atoms with van der Waals surface area (Å²) >= 11 is 0. The molecule has 0 radical (unpaired) electrons. The van der Waals surface area contributed by atoms with Gasteiger partial charge in [-0.05, 0) is 43.5 Å². The van der Waals surface area contributed by atoms with Crippen LogP contribution in [-0.2, 0) is 4.79 Å². The number of unbranched alkanes of at least 4 members (excludes halogenated alkanes) is 4. The van der Waals surface area contributed by atoms with Crippen molar-refractivity contribution in [3.63, 3.8) is 0 Å². The van der Waals surface area contributed by atoms with Gasteiger partial charge in [-0.15, -0.1) is 0 Å². The molecule has 0 unspecified atom stereocenters. The molecule has 118 valence electrons. The number of hydrogen-bond donors (Lipinski definition) is 1. The van der Waals surface area contributed by atoms with Crippen molar-refractivity contribution >= 4 is 11.7 Å². The fraction of sp³-hybridized carbons (Fsp3) is 0.611. The smallest absolute Gasteiger partial charge is 0.305 e. The zero-order valence-corrected chi connectivity index (χ0v) is 13.7. The molecular weight excluding hydrogens is 262 g/mol. The van der Waals surface area contributed by atoms with Crippen molar-refractivity contribution in [2.24, 2.45) is 0 Å². The molecule has 0 aliphatic heterocycles. The van der Waals surface area contributed by atoms with E-state index in [-0.39, 0.29) is 6.42 Å². The van der Waals surface area contributed by atoms with Gasteiger partial charge in [0.2, 0.25) is 0 Å². The minimum absolute atomic E-state index is 0.196. The largest absolute Gasteiger partial charge is 0.481 e. The van der Waals surface area contributed by atoms with E-state index in [0.717, 1.165) is 18.7 Å². The van der Waals surface area contributed by atoms with E-state index in [9.17, 15) is 4.79 Å². The lowest BCUT2D eigenvalue weighted by molar-refractivity contribution is -0.136. The van der Waals surface area contributed by atoms with E-state index in [1.165, 1.54) is 36.8 Å². The Morgan fingerprint density at radius 1 is 1.05 bits per heavy atom. The number of carboxylic acids is 1. The number of aliphatic carboxylic acids is 1. The second-order valence-electron chi connectivity index (χ2n) is 5.81. The van der Waals surface area contributed by atoms with E-state index >= 15 is 0 Å². The first-order valence-electron chi connectivity index (χ1n) is 8.08. The number of benzene rings is 1. The molecule has 0 saturated heterocycles. The highest BCUT2D eigenvalue weighted by molar-refractivity contribution is 5.67. The maximum absolute atomic E-state index is 10.8. The average Bonchev–Trinajstić information content (AvgIpc) is 2.45. The van der Waals surface area contributed by atoms with Crippen LogP contribution in [0.3, 0.4) is 0 Å².